The molecule has 1 amide bonds. The molecule has 0 aromatic carbocycles. The van der Waals surface area contributed by atoms with Crippen LogP contribution in [0.4, 0.5) is 0 Å². The number of nitrogens with one attached hydrogen (secondary N) is 1. The van der Waals surface area contributed by atoms with Crippen LogP contribution < -0.4 is 11.1 Å². The van der Waals surface area contributed by atoms with Crippen LogP contribution in [-0.4, -0.2) is 48.4 Å². The smallest absolute Gasteiger partial charge is 0.252 e. The zero-order valence-electron chi connectivity index (χ0n) is 12.5. The molecule has 7 nitrogen and oxygen atoms in total. The summed E-state index contributed by atoms with van der Waals surface area (Å²) in [5, 5.41) is 15.1. The minimum atomic E-state index is -0.766. The molecule has 2 rings (SSSR count). The lowest BCUT2D eigenvalue weighted by molar-refractivity contribution is -0.149. The van der Waals surface area contributed by atoms with E-state index in [1.165, 1.54) is 0 Å². The first-order chi connectivity index (χ1) is 10.1. The number of amidine groups is 1. The number of nitrogens with zero attached hydrogens (tertiary/aromatic N) is 1. The fourth-order valence-electron chi connectivity index (χ4n) is 3.08. The Balaban J connectivity index is 2.04. The Morgan fingerprint density at radius 1 is 1.43 bits per heavy atom. The summed E-state index contributed by atoms with van der Waals surface area (Å²) < 4.78 is 10.7. The molecule has 0 bridgehead atoms. The minimum absolute atomic E-state index is 0.0714. The van der Waals surface area contributed by atoms with E-state index in [0.717, 1.165) is 19.3 Å². The van der Waals surface area contributed by atoms with Crippen molar-refractivity contribution in [3.8, 4) is 0 Å². The quantitative estimate of drug-likeness (QED) is 0.305. The summed E-state index contributed by atoms with van der Waals surface area (Å²) in [5.41, 5.74) is 5.10. The van der Waals surface area contributed by atoms with E-state index < -0.39 is 11.6 Å². The van der Waals surface area contributed by atoms with Crippen LogP contribution in [0.25, 0.3) is 0 Å². The summed E-state index contributed by atoms with van der Waals surface area (Å²) in [7, 11) is 0. The maximum atomic E-state index is 12.3. The zero-order chi connectivity index (χ0) is 15.3. The summed E-state index contributed by atoms with van der Waals surface area (Å²) in [6, 6.07) is 0. The molecular weight excluding hydrogens is 274 g/mol. The van der Waals surface area contributed by atoms with Crippen LogP contribution >= 0.6 is 0 Å². The van der Waals surface area contributed by atoms with Crippen molar-refractivity contribution in [1.82, 2.24) is 5.32 Å². The van der Waals surface area contributed by atoms with Crippen LogP contribution in [0.2, 0.25) is 0 Å². The third kappa shape index (κ3) is 3.65. The van der Waals surface area contributed by atoms with Crippen LogP contribution in [0, 0.1) is 5.92 Å². The number of oxime groups is 1. The van der Waals surface area contributed by atoms with Crippen molar-refractivity contribution in [3.05, 3.63) is 0 Å². The van der Waals surface area contributed by atoms with Crippen molar-refractivity contribution in [2.45, 2.75) is 50.7 Å². The molecule has 2 aliphatic rings. The largest absolute Gasteiger partial charge is 0.409 e. The summed E-state index contributed by atoms with van der Waals surface area (Å²) in [6.07, 6.45) is 3.76. The van der Waals surface area contributed by atoms with Gasteiger partial charge in [0.1, 0.15) is 5.54 Å². The molecule has 1 heterocycles. The number of rotatable bonds is 4. The molecule has 1 saturated carbocycles. The van der Waals surface area contributed by atoms with Gasteiger partial charge in [-0.25, -0.2) is 0 Å². The van der Waals surface area contributed by atoms with Crippen LogP contribution in [0.15, 0.2) is 5.16 Å². The highest BCUT2D eigenvalue weighted by atomic mass is 16.6. The van der Waals surface area contributed by atoms with Gasteiger partial charge >= 0.3 is 0 Å². The Kier molecular flexibility index (Phi) is 5.41. The zero-order valence-corrected chi connectivity index (χ0v) is 12.5. The standard InChI is InChI=1S/C14H25N3O4/c1-2-10-3-5-14(6-4-10,13(15)17-19)16-12(18)11-9-20-7-8-21-11/h10-11,19H,2-9H2,1H3,(H2,15,17)(H,16,18). The normalized spacial score (nSPS) is 34.4. The first kappa shape index (κ1) is 16.0. The molecule has 0 spiro atoms. The second-order valence-corrected chi connectivity index (χ2v) is 5.84. The number of nitrogens with two attached hydrogens (primary N) is 1. The molecule has 7 heteroatoms. The maximum Gasteiger partial charge on any atom is 0.252 e. The fraction of sp³-hybridized carbons (Fsp3) is 0.857. The van der Waals surface area contributed by atoms with Crippen LogP contribution in [0.3, 0.4) is 0 Å². The van der Waals surface area contributed by atoms with Crippen molar-refractivity contribution in [2.24, 2.45) is 16.8 Å². The molecule has 1 aliphatic heterocycles. The third-order valence-corrected chi connectivity index (χ3v) is 4.60. The number of carbonyl (C=O) groups is 1. The number of hydrogen-bond acceptors (Lipinski definition) is 5. The third-order valence-electron chi connectivity index (χ3n) is 4.60. The van der Waals surface area contributed by atoms with Crippen molar-refractivity contribution < 1.29 is 19.5 Å². The predicted molar refractivity (Wildman–Crippen MR) is 77.1 cm³/mol. The number of ether oxygens (including phenoxy) is 2. The Labute approximate surface area is 124 Å². The van der Waals surface area contributed by atoms with E-state index in [0.29, 0.717) is 32.0 Å². The van der Waals surface area contributed by atoms with Crippen molar-refractivity contribution >= 4 is 11.7 Å². The molecule has 0 radical (unpaired) electrons. The minimum Gasteiger partial charge on any atom is -0.409 e. The van der Waals surface area contributed by atoms with Gasteiger partial charge in [0.25, 0.3) is 5.91 Å². The maximum absolute atomic E-state index is 12.3. The molecule has 0 aromatic rings. The second-order valence-electron chi connectivity index (χ2n) is 5.84. The average Bonchev–Trinajstić information content (AvgIpc) is 2.55. The Hall–Kier alpha value is -1.34. The lowest BCUT2D eigenvalue weighted by Gasteiger charge is -2.40. The fourth-order valence-corrected chi connectivity index (χ4v) is 3.08. The van der Waals surface area contributed by atoms with Gasteiger partial charge in [0.15, 0.2) is 11.9 Å². The van der Waals surface area contributed by atoms with E-state index in [1.807, 2.05) is 0 Å². The van der Waals surface area contributed by atoms with Crippen molar-refractivity contribution in [2.75, 3.05) is 19.8 Å². The molecule has 21 heavy (non-hydrogen) atoms. The molecule has 120 valence electrons. The van der Waals surface area contributed by atoms with Gasteiger partial charge in [-0.05, 0) is 31.6 Å². The highest BCUT2D eigenvalue weighted by Crippen LogP contribution is 2.34. The monoisotopic (exact) mass is 299 g/mol. The number of hydrogen-bond donors (Lipinski definition) is 3. The lowest BCUT2D eigenvalue weighted by Crippen LogP contribution is -2.61. The highest BCUT2D eigenvalue weighted by Gasteiger charge is 2.41. The Morgan fingerprint density at radius 2 is 2.14 bits per heavy atom. The molecule has 2 fully saturated rings. The van der Waals surface area contributed by atoms with E-state index in [9.17, 15) is 4.79 Å². The van der Waals surface area contributed by atoms with Gasteiger partial charge in [0, 0.05) is 0 Å². The average molecular weight is 299 g/mol. The summed E-state index contributed by atoms with van der Waals surface area (Å²) in [6.45, 7) is 3.32. The summed E-state index contributed by atoms with van der Waals surface area (Å²) in [4.78, 5) is 12.3. The van der Waals surface area contributed by atoms with Gasteiger partial charge in [-0.15, -0.1) is 0 Å². The molecule has 4 N–H and O–H groups in total. The molecular formula is C14H25N3O4. The first-order valence-corrected chi connectivity index (χ1v) is 7.60. The van der Waals surface area contributed by atoms with Crippen molar-refractivity contribution in [1.29, 1.82) is 0 Å². The van der Waals surface area contributed by atoms with Gasteiger partial charge in [-0.3, -0.25) is 4.79 Å². The number of carbonyl (C=O) groups excluding carboxylic acids is 1. The van der Waals surface area contributed by atoms with Crippen LogP contribution in [0.1, 0.15) is 39.0 Å². The Bertz CT molecular complexity index is 386. The molecule has 1 aliphatic carbocycles. The predicted octanol–water partition coefficient (Wildman–Crippen LogP) is 0.603. The van der Waals surface area contributed by atoms with Gasteiger partial charge in [-0.1, -0.05) is 18.5 Å². The van der Waals surface area contributed by atoms with E-state index in [-0.39, 0.29) is 18.3 Å². The number of amides is 1. The highest BCUT2D eigenvalue weighted by molar-refractivity contribution is 5.95. The van der Waals surface area contributed by atoms with Gasteiger partial charge < -0.3 is 25.7 Å². The topological polar surface area (TPSA) is 106 Å². The molecule has 1 atom stereocenters. The van der Waals surface area contributed by atoms with E-state index >= 15 is 0 Å². The lowest BCUT2D eigenvalue weighted by atomic mass is 9.74. The van der Waals surface area contributed by atoms with Crippen LogP contribution in [0.5, 0.6) is 0 Å². The first-order valence-electron chi connectivity index (χ1n) is 7.60. The van der Waals surface area contributed by atoms with Gasteiger partial charge in [0.2, 0.25) is 0 Å². The van der Waals surface area contributed by atoms with E-state index in [2.05, 4.69) is 17.4 Å². The van der Waals surface area contributed by atoms with E-state index in [1.54, 1.807) is 0 Å². The van der Waals surface area contributed by atoms with Gasteiger partial charge in [0.05, 0.1) is 19.8 Å². The molecule has 1 saturated heterocycles. The SMILES string of the molecule is CCC1CCC(NC(=O)C2COCCO2)(C(N)=NO)CC1. The molecule has 0 aromatic heterocycles. The molecule has 1 unspecified atom stereocenters. The summed E-state index contributed by atoms with van der Waals surface area (Å²) in [5.74, 6) is 0.453. The van der Waals surface area contributed by atoms with Crippen LogP contribution in [-0.2, 0) is 14.3 Å². The van der Waals surface area contributed by atoms with E-state index in [4.69, 9.17) is 20.4 Å². The van der Waals surface area contributed by atoms with Gasteiger partial charge in [-0.2, -0.15) is 0 Å². The summed E-state index contributed by atoms with van der Waals surface area (Å²) >= 11 is 0. The van der Waals surface area contributed by atoms with Crippen molar-refractivity contribution in [3.63, 3.8) is 0 Å². The Morgan fingerprint density at radius 3 is 2.67 bits per heavy atom. The second kappa shape index (κ2) is 7.09.